The number of hydrogen-bond acceptors (Lipinski definition) is 0. The van der Waals surface area contributed by atoms with E-state index in [-0.39, 0.29) is 0 Å². The predicted molar refractivity (Wildman–Crippen MR) is 119 cm³/mol. The number of nitrogens with zero attached hydrogens (tertiary/aromatic N) is 1. The van der Waals surface area contributed by atoms with Crippen molar-refractivity contribution in [3.8, 4) is 16.8 Å². The van der Waals surface area contributed by atoms with Gasteiger partial charge in [0.25, 0.3) is 0 Å². The molecule has 0 radical (unpaired) electrons. The summed E-state index contributed by atoms with van der Waals surface area (Å²) in [7, 11) is -1.65. The maximum atomic E-state index is 3.79. The van der Waals surface area contributed by atoms with Crippen molar-refractivity contribution in [1.82, 2.24) is 4.57 Å². The Morgan fingerprint density at radius 3 is 2.04 bits per heavy atom. The highest BCUT2D eigenvalue weighted by atomic mass is 79.9. The molecular weight excluding hydrogens is 398 g/mol. The molecular formula is C23H22BrNSi. The highest BCUT2D eigenvalue weighted by Crippen LogP contribution is 2.36. The van der Waals surface area contributed by atoms with E-state index in [9.17, 15) is 0 Å². The molecule has 4 aromatic rings. The minimum Gasteiger partial charge on any atom is -0.317 e. The fourth-order valence-corrected chi connectivity index (χ4v) is 6.15. The molecule has 3 heteroatoms. The zero-order valence-corrected chi connectivity index (χ0v) is 17.9. The highest BCUT2D eigenvalue weighted by molar-refractivity contribution is 9.10. The molecule has 0 unspecified atom stereocenters. The van der Waals surface area contributed by atoms with Gasteiger partial charge in [-0.25, -0.2) is 0 Å². The van der Waals surface area contributed by atoms with Gasteiger partial charge in [-0.15, -0.1) is 0 Å². The molecule has 0 amide bonds. The molecule has 0 saturated heterocycles. The molecule has 0 aliphatic rings. The van der Waals surface area contributed by atoms with Gasteiger partial charge in [-0.1, -0.05) is 90.2 Å². The van der Waals surface area contributed by atoms with E-state index in [1.54, 1.807) is 0 Å². The molecule has 0 fully saturated rings. The topological polar surface area (TPSA) is 4.93 Å². The average Bonchev–Trinajstić information content (AvgIpc) is 2.98. The minimum atomic E-state index is -1.65. The first-order chi connectivity index (χ1) is 12.5. The molecule has 3 aromatic carbocycles. The number of benzene rings is 3. The van der Waals surface area contributed by atoms with Gasteiger partial charge in [0.15, 0.2) is 0 Å². The first-order valence-corrected chi connectivity index (χ1v) is 13.2. The lowest BCUT2D eigenvalue weighted by molar-refractivity contribution is 1.16. The Balaban J connectivity index is 2.21. The Morgan fingerprint density at radius 2 is 1.35 bits per heavy atom. The van der Waals surface area contributed by atoms with E-state index in [1.165, 1.54) is 33.0 Å². The van der Waals surface area contributed by atoms with Gasteiger partial charge < -0.3 is 4.57 Å². The van der Waals surface area contributed by atoms with E-state index in [0.717, 1.165) is 4.47 Å². The standard InChI is InChI=1S/C23H22BrNSi/c1-26(2,3)23-22(18-13-7-9-15-20(18)24)19-14-8-10-16-21(19)25(23)17-11-5-4-6-12-17/h4-16H,1-3H3. The molecule has 0 bridgehead atoms. The van der Waals surface area contributed by atoms with Gasteiger partial charge in [-0.2, -0.15) is 0 Å². The Kier molecular flexibility index (Phi) is 4.37. The molecule has 1 nitrogen and oxygen atoms in total. The van der Waals surface area contributed by atoms with E-state index in [1.807, 2.05) is 0 Å². The normalized spacial score (nSPS) is 11.8. The molecule has 0 atom stereocenters. The van der Waals surface area contributed by atoms with Crippen molar-refractivity contribution in [1.29, 1.82) is 0 Å². The fourth-order valence-electron chi connectivity index (χ4n) is 3.73. The summed E-state index contributed by atoms with van der Waals surface area (Å²) in [6.45, 7) is 7.29. The van der Waals surface area contributed by atoms with Gasteiger partial charge in [0, 0.05) is 26.4 Å². The monoisotopic (exact) mass is 419 g/mol. The van der Waals surface area contributed by atoms with Crippen LogP contribution < -0.4 is 5.32 Å². The van der Waals surface area contributed by atoms with Gasteiger partial charge in [-0.3, -0.25) is 0 Å². The molecule has 26 heavy (non-hydrogen) atoms. The van der Waals surface area contributed by atoms with E-state index in [4.69, 9.17) is 0 Å². The Hall–Kier alpha value is -2.10. The van der Waals surface area contributed by atoms with E-state index >= 15 is 0 Å². The van der Waals surface area contributed by atoms with Gasteiger partial charge in [0.05, 0.1) is 13.6 Å². The van der Waals surface area contributed by atoms with Crippen molar-refractivity contribution in [2.24, 2.45) is 0 Å². The molecule has 1 heterocycles. The van der Waals surface area contributed by atoms with Crippen molar-refractivity contribution < 1.29 is 0 Å². The van der Waals surface area contributed by atoms with Crippen LogP contribution in [0, 0.1) is 0 Å². The van der Waals surface area contributed by atoms with Gasteiger partial charge >= 0.3 is 0 Å². The minimum absolute atomic E-state index is 1.15. The summed E-state index contributed by atoms with van der Waals surface area (Å²) in [6, 6.07) is 28.1. The van der Waals surface area contributed by atoms with Crippen LogP contribution in [0.3, 0.4) is 0 Å². The molecule has 0 saturated carbocycles. The summed E-state index contributed by atoms with van der Waals surface area (Å²) >= 11 is 3.79. The molecule has 1 aromatic heterocycles. The zero-order valence-electron chi connectivity index (χ0n) is 15.3. The Bertz CT molecular complexity index is 1070. The Morgan fingerprint density at radius 1 is 0.731 bits per heavy atom. The summed E-state index contributed by atoms with van der Waals surface area (Å²) in [5, 5.41) is 2.79. The summed E-state index contributed by atoms with van der Waals surface area (Å²) in [4.78, 5) is 0. The lowest BCUT2D eigenvalue weighted by Crippen LogP contribution is -2.43. The quantitative estimate of drug-likeness (QED) is 0.329. The van der Waals surface area contributed by atoms with Gasteiger partial charge in [0.2, 0.25) is 0 Å². The van der Waals surface area contributed by atoms with Crippen LogP contribution in [-0.2, 0) is 0 Å². The number of hydrogen-bond donors (Lipinski definition) is 0. The number of para-hydroxylation sites is 2. The van der Waals surface area contributed by atoms with Crippen LogP contribution >= 0.6 is 15.9 Å². The summed E-state index contributed by atoms with van der Waals surface area (Å²) in [5.41, 5.74) is 5.16. The number of fused-ring (bicyclic) bond motifs is 1. The SMILES string of the molecule is C[Si](C)(C)c1c(-c2ccccc2Br)c2ccccc2n1-c1ccccc1. The van der Waals surface area contributed by atoms with Crippen LogP contribution in [-0.4, -0.2) is 12.6 Å². The maximum Gasteiger partial charge on any atom is 0.0998 e. The van der Waals surface area contributed by atoms with Crippen LogP contribution in [0.1, 0.15) is 0 Å². The van der Waals surface area contributed by atoms with Crippen LogP contribution in [0.5, 0.6) is 0 Å². The average molecular weight is 420 g/mol. The molecule has 0 spiro atoms. The third kappa shape index (κ3) is 2.85. The third-order valence-electron chi connectivity index (χ3n) is 4.74. The van der Waals surface area contributed by atoms with Crippen molar-refractivity contribution in [3.05, 3.63) is 83.3 Å². The van der Waals surface area contributed by atoms with Crippen LogP contribution in [0.25, 0.3) is 27.7 Å². The van der Waals surface area contributed by atoms with Crippen molar-refractivity contribution in [2.45, 2.75) is 19.6 Å². The zero-order chi connectivity index (χ0) is 18.3. The van der Waals surface area contributed by atoms with E-state index in [0.29, 0.717) is 0 Å². The number of aromatic nitrogens is 1. The van der Waals surface area contributed by atoms with E-state index < -0.39 is 8.07 Å². The van der Waals surface area contributed by atoms with Gasteiger partial charge in [0.1, 0.15) is 0 Å². The van der Waals surface area contributed by atoms with E-state index in [2.05, 4.69) is 119 Å². The molecule has 0 N–H and O–H groups in total. The highest BCUT2D eigenvalue weighted by Gasteiger charge is 2.30. The van der Waals surface area contributed by atoms with Crippen molar-refractivity contribution in [2.75, 3.05) is 0 Å². The molecule has 0 aliphatic heterocycles. The first-order valence-electron chi connectivity index (χ1n) is 8.93. The van der Waals surface area contributed by atoms with Crippen molar-refractivity contribution >= 4 is 40.2 Å². The lowest BCUT2D eigenvalue weighted by Gasteiger charge is -2.23. The van der Waals surface area contributed by atoms with Crippen LogP contribution in [0.15, 0.2) is 83.3 Å². The summed E-state index contributed by atoms with van der Waals surface area (Å²) in [5.74, 6) is 0. The largest absolute Gasteiger partial charge is 0.317 e. The molecule has 0 aliphatic carbocycles. The second kappa shape index (κ2) is 6.56. The second-order valence-electron chi connectivity index (χ2n) is 7.64. The summed E-state index contributed by atoms with van der Waals surface area (Å²) in [6.07, 6.45) is 0. The predicted octanol–water partition coefficient (Wildman–Crippen LogP) is 6.61. The fraction of sp³-hybridized carbons (Fsp3) is 0.130. The number of rotatable bonds is 3. The van der Waals surface area contributed by atoms with Gasteiger partial charge in [-0.05, 0) is 29.8 Å². The smallest absolute Gasteiger partial charge is 0.0998 e. The first kappa shape index (κ1) is 17.3. The second-order valence-corrected chi connectivity index (χ2v) is 13.5. The maximum absolute atomic E-state index is 3.79. The van der Waals surface area contributed by atoms with Crippen molar-refractivity contribution in [3.63, 3.8) is 0 Å². The van der Waals surface area contributed by atoms with Crippen LogP contribution in [0.2, 0.25) is 19.6 Å². The molecule has 4 rings (SSSR count). The Labute approximate surface area is 164 Å². The third-order valence-corrected chi connectivity index (χ3v) is 7.33. The van der Waals surface area contributed by atoms with Crippen LogP contribution in [0.4, 0.5) is 0 Å². The lowest BCUT2D eigenvalue weighted by atomic mass is 10.1. The molecule has 130 valence electrons. The summed E-state index contributed by atoms with van der Waals surface area (Å²) < 4.78 is 3.63. The number of halogens is 1.